The Balaban J connectivity index is 1.72. The number of imidazole rings is 1. The lowest BCUT2D eigenvalue weighted by Crippen LogP contribution is -2.31. The van der Waals surface area contributed by atoms with Crippen molar-refractivity contribution in [2.45, 2.75) is 33.2 Å². The second-order valence-corrected chi connectivity index (χ2v) is 8.77. The number of primary sulfonamides is 1. The van der Waals surface area contributed by atoms with E-state index in [-0.39, 0.29) is 23.5 Å². The van der Waals surface area contributed by atoms with E-state index in [1.165, 1.54) is 0 Å². The van der Waals surface area contributed by atoms with Crippen LogP contribution < -0.4 is 5.14 Å². The Morgan fingerprint density at radius 2 is 2.13 bits per heavy atom. The quantitative estimate of drug-likeness (QED) is 0.864. The van der Waals surface area contributed by atoms with Crippen LogP contribution in [-0.4, -0.2) is 47.6 Å². The van der Waals surface area contributed by atoms with E-state index in [0.29, 0.717) is 24.7 Å². The number of nitrogens with zero attached hydrogens (tertiary/aromatic N) is 3. The lowest BCUT2D eigenvalue weighted by atomic mass is 10.0. The number of likely N-dealkylation sites (tertiary alicyclic amines) is 1. The van der Waals surface area contributed by atoms with Crippen molar-refractivity contribution in [1.82, 2.24) is 14.5 Å². The summed E-state index contributed by atoms with van der Waals surface area (Å²) in [6.45, 7) is 6.04. The molecule has 0 bridgehead atoms. The topological polar surface area (TPSA) is 98.3 Å². The molecular formula is C15H24N4O3S. The zero-order valence-corrected chi connectivity index (χ0v) is 14.4. The van der Waals surface area contributed by atoms with Crippen LogP contribution >= 0.6 is 0 Å². The van der Waals surface area contributed by atoms with Crippen LogP contribution in [0.4, 0.5) is 0 Å². The number of amides is 1. The van der Waals surface area contributed by atoms with Crippen LogP contribution in [0.25, 0.3) is 0 Å². The SMILES string of the molecule is CC1CCn2cc(C(=O)N3C[C@@H](CS(N)(=O)=O)[C@H](C)C3)nc2C1. The summed E-state index contributed by atoms with van der Waals surface area (Å²) in [5, 5.41) is 5.14. The minimum Gasteiger partial charge on any atom is -0.337 e. The maximum Gasteiger partial charge on any atom is 0.274 e. The van der Waals surface area contributed by atoms with Crippen molar-refractivity contribution < 1.29 is 13.2 Å². The largest absolute Gasteiger partial charge is 0.337 e. The molecule has 2 aliphatic heterocycles. The molecule has 0 radical (unpaired) electrons. The van der Waals surface area contributed by atoms with Gasteiger partial charge in [0.15, 0.2) is 0 Å². The predicted octanol–water partition coefficient (Wildman–Crippen LogP) is 0.462. The van der Waals surface area contributed by atoms with Crippen molar-refractivity contribution in [3.8, 4) is 0 Å². The van der Waals surface area contributed by atoms with Gasteiger partial charge in [-0.05, 0) is 24.2 Å². The third-order valence-electron chi connectivity index (χ3n) is 4.97. The van der Waals surface area contributed by atoms with E-state index in [4.69, 9.17) is 5.14 Å². The van der Waals surface area contributed by atoms with Gasteiger partial charge in [-0.15, -0.1) is 0 Å². The lowest BCUT2D eigenvalue weighted by molar-refractivity contribution is 0.0779. The normalized spacial score (nSPS) is 28.0. The molecule has 3 heterocycles. The van der Waals surface area contributed by atoms with Gasteiger partial charge in [-0.3, -0.25) is 4.79 Å². The van der Waals surface area contributed by atoms with Crippen LogP contribution in [0.2, 0.25) is 0 Å². The molecule has 2 aliphatic rings. The number of sulfonamides is 1. The summed E-state index contributed by atoms with van der Waals surface area (Å²) in [6, 6.07) is 0. The van der Waals surface area contributed by atoms with Gasteiger partial charge in [0.2, 0.25) is 10.0 Å². The molecule has 23 heavy (non-hydrogen) atoms. The van der Waals surface area contributed by atoms with E-state index in [0.717, 1.165) is 25.2 Å². The van der Waals surface area contributed by atoms with Crippen molar-refractivity contribution in [1.29, 1.82) is 0 Å². The first kappa shape index (κ1) is 16.4. The first-order valence-corrected chi connectivity index (χ1v) is 9.80. The molecule has 1 fully saturated rings. The summed E-state index contributed by atoms with van der Waals surface area (Å²) in [4.78, 5) is 18.9. The Bertz CT molecular complexity index is 712. The molecule has 1 aromatic rings. The highest BCUT2D eigenvalue weighted by Gasteiger charge is 2.36. The number of aromatic nitrogens is 2. The van der Waals surface area contributed by atoms with Gasteiger partial charge in [0, 0.05) is 32.3 Å². The average Bonchev–Trinajstić information content (AvgIpc) is 3.00. The van der Waals surface area contributed by atoms with Crippen molar-refractivity contribution in [2.75, 3.05) is 18.8 Å². The molecular weight excluding hydrogens is 316 g/mol. The highest BCUT2D eigenvalue weighted by atomic mass is 32.2. The van der Waals surface area contributed by atoms with E-state index < -0.39 is 10.0 Å². The Morgan fingerprint density at radius 3 is 2.83 bits per heavy atom. The van der Waals surface area contributed by atoms with Crippen molar-refractivity contribution in [3.63, 3.8) is 0 Å². The number of carbonyl (C=O) groups is 1. The van der Waals surface area contributed by atoms with Gasteiger partial charge >= 0.3 is 0 Å². The van der Waals surface area contributed by atoms with E-state index in [1.807, 2.05) is 13.1 Å². The standard InChI is InChI=1S/C15H24N4O3S/c1-10-3-4-18-8-13(17-14(18)5-10)15(20)19-6-11(2)12(7-19)9-23(16,21)22/h8,10-12H,3-7,9H2,1-2H3,(H2,16,21,22)/t10?,11-,12+/m1/s1. The first-order chi connectivity index (χ1) is 10.7. The molecule has 1 amide bonds. The minimum absolute atomic E-state index is 0.0743. The zero-order chi connectivity index (χ0) is 16.8. The van der Waals surface area contributed by atoms with Crippen LogP contribution in [0, 0.1) is 17.8 Å². The molecule has 1 unspecified atom stereocenters. The third-order valence-corrected chi connectivity index (χ3v) is 5.87. The molecule has 3 rings (SSSR count). The highest BCUT2D eigenvalue weighted by molar-refractivity contribution is 7.89. The van der Waals surface area contributed by atoms with Crippen LogP contribution in [0.1, 0.15) is 36.6 Å². The number of fused-ring (bicyclic) bond motifs is 1. The van der Waals surface area contributed by atoms with Crippen LogP contribution in [0.3, 0.4) is 0 Å². The first-order valence-electron chi connectivity index (χ1n) is 8.08. The van der Waals surface area contributed by atoms with Gasteiger partial charge in [0.05, 0.1) is 5.75 Å². The maximum atomic E-state index is 12.7. The van der Waals surface area contributed by atoms with Crippen LogP contribution in [0.5, 0.6) is 0 Å². The van der Waals surface area contributed by atoms with E-state index in [9.17, 15) is 13.2 Å². The fraction of sp³-hybridized carbons (Fsp3) is 0.733. The summed E-state index contributed by atoms with van der Waals surface area (Å²) in [5.74, 6) is 1.40. The van der Waals surface area contributed by atoms with Crippen molar-refractivity contribution in [2.24, 2.45) is 22.9 Å². The van der Waals surface area contributed by atoms with E-state index in [2.05, 4.69) is 16.5 Å². The van der Waals surface area contributed by atoms with Crippen molar-refractivity contribution in [3.05, 3.63) is 17.7 Å². The summed E-state index contributed by atoms with van der Waals surface area (Å²) < 4.78 is 24.7. The fourth-order valence-corrected chi connectivity index (χ4v) is 4.60. The molecule has 7 nitrogen and oxygen atoms in total. The summed E-state index contributed by atoms with van der Waals surface area (Å²) in [7, 11) is -3.52. The van der Waals surface area contributed by atoms with Gasteiger partial charge in [-0.2, -0.15) is 0 Å². The average molecular weight is 340 g/mol. The monoisotopic (exact) mass is 340 g/mol. The summed E-state index contributed by atoms with van der Waals surface area (Å²) in [6.07, 6.45) is 3.84. The van der Waals surface area contributed by atoms with E-state index >= 15 is 0 Å². The number of carbonyl (C=O) groups excluding carboxylic acids is 1. The molecule has 2 N–H and O–H groups in total. The molecule has 0 saturated carbocycles. The minimum atomic E-state index is -3.52. The Labute approximate surface area is 136 Å². The van der Waals surface area contributed by atoms with Gasteiger partial charge in [-0.1, -0.05) is 13.8 Å². The molecule has 0 aliphatic carbocycles. The van der Waals surface area contributed by atoms with E-state index in [1.54, 1.807) is 4.90 Å². The second kappa shape index (κ2) is 5.90. The molecule has 0 spiro atoms. The zero-order valence-electron chi connectivity index (χ0n) is 13.6. The highest BCUT2D eigenvalue weighted by Crippen LogP contribution is 2.26. The molecule has 0 aromatic carbocycles. The smallest absolute Gasteiger partial charge is 0.274 e. The predicted molar refractivity (Wildman–Crippen MR) is 86.2 cm³/mol. The molecule has 1 saturated heterocycles. The Morgan fingerprint density at radius 1 is 1.39 bits per heavy atom. The lowest BCUT2D eigenvalue weighted by Gasteiger charge is -2.18. The molecule has 8 heteroatoms. The molecule has 3 atom stereocenters. The second-order valence-electron chi connectivity index (χ2n) is 7.11. The van der Waals surface area contributed by atoms with Gasteiger partial charge in [-0.25, -0.2) is 18.5 Å². The number of nitrogens with two attached hydrogens (primary N) is 1. The van der Waals surface area contributed by atoms with Gasteiger partial charge in [0.25, 0.3) is 5.91 Å². The molecule has 128 valence electrons. The third kappa shape index (κ3) is 3.58. The van der Waals surface area contributed by atoms with Crippen molar-refractivity contribution >= 4 is 15.9 Å². The number of hydrogen-bond donors (Lipinski definition) is 1. The molecule has 1 aromatic heterocycles. The number of rotatable bonds is 3. The fourth-order valence-electron chi connectivity index (χ4n) is 3.56. The number of aryl methyl sites for hydroxylation is 1. The van der Waals surface area contributed by atoms with Crippen LogP contribution in [-0.2, 0) is 23.0 Å². The van der Waals surface area contributed by atoms with Gasteiger partial charge < -0.3 is 9.47 Å². The van der Waals surface area contributed by atoms with Crippen LogP contribution in [0.15, 0.2) is 6.20 Å². The Kier molecular flexibility index (Phi) is 4.22. The van der Waals surface area contributed by atoms with Gasteiger partial charge in [0.1, 0.15) is 11.5 Å². The maximum absolute atomic E-state index is 12.7. The summed E-state index contributed by atoms with van der Waals surface area (Å²) in [5.41, 5.74) is 0.470. The summed E-state index contributed by atoms with van der Waals surface area (Å²) >= 11 is 0. The number of hydrogen-bond acceptors (Lipinski definition) is 4. The Hall–Kier alpha value is -1.41.